The van der Waals surface area contributed by atoms with Crippen LogP contribution in [0.4, 0.5) is 5.69 Å². The SMILES string of the molecule is CC1CC(C)CN(CCCNC(=S)Nc2ccc3c(c2)OCO3)C1. The first-order valence-corrected chi connectivity index (χ1v) is 9.18. The molecule has 1 aromatic rings. The lowest BCUT2D eigenvalue weighted by atomic mass is 9.92. The normalized spacial score (nSPS) is 23.1. The highest BCUT2D eigenvalue weighted by Gasteiger charge is 2.21. The number of thiocarbonyl (C=S) groups is 1. The van der Waals surface area contributed by atoms with Crippen LogP contribution in [0.25, 0.3) is 0 Å². The van der Waals surface area contributed by atoms with Gasteiger partial charge >= 0.3 is 0 Å². The second kappa shape index (κ2) is 8.03. The van der Waals surface area contributed by atoms with E-state index in [0.717, 1.165) is 48.5 Å². The molecule has 0 aliphatic carbocycles. The first-order chi connectivity index (χ1) is 11.6. The third-order valence-corrected chi connectivity index (χ3v) is 4.76. The molecule has 2 unspecified atom stereocenters. The van der Waals surface area contributed by atoms with Crippen molar-refractivity contribution in [2.75, 3.05) is 38.3 Å². The highest BCUT2D eigenvalue weighted by Crippen LogP contribution is 2.34. The van der Waals surface area contributed by atoms with Crippen molar-refractivity contribution >= 4 is 23.0 Å². The fraction of sp³-hybridized carbons (Fsp3) is 0.611. The standard InChI is InChI=1S/C18H27N3O2S/c1-13-8-14(2)11-21(10-13)7-3-6-19-18(24)20-15-4-5-16-17(9-15)23-12-22-16/h4-5,9,13-14H,3,6-8,10-12H2,1-2H3,(H2,19,20,24). The van der Waals surface area contributed by atoms with Gasteiger partial charge in [-0.15, -0.1) is 0 Å². The lowest BCUT2D eigenvalue weighted by Crippen LogP contribution is -2.40. The van der Waals surface area contributed by atoms with E-state index in [2.05, 4.69) is 29.4 Å². The Balaban J connectivity index is 1.35. The van der Waals surface area contributed by atoms with Gasteiger partial charge in [-0.05, 0) is 55.6 Å². The Kier molecular flexibility index (Phi) is 5.79. The molecule has 0 amide bonds. The molecule has 0 saturated carbocycles. The Morgan fingerprint density at radius 1 is 1.21 bits per heavy atom. The minimum absolute atomic E-state index is 0.287. The molecular formula is C18H27N3O2S. The average molecular weight is 350 g/mol. The summed E-state index contributed by atoms with van der Waals surface area (Å²) in [5, 5.41) is 7.13. The van der Waals surface area contributed by atoms with Gasteiger partial charge in [0.1, 0.15) is 0 Å². The van der Waals surface area contributed by atoms with E-state index in [1.165, 1.54) is 19.5 Å². The molecule has 1 saturated heterocycles. The van der Waals surface area contributed by atoms with Gasteiger partial charge in [-0.25, -0.2) is 0 Å². The molecule has 2 atom stereocenters. The van der Waals surface area contributed by atoms with Gasteiger partial charge < -0.3 is 25.0 Å². The number of anilines is 1. The van der Waals surface area contributed by atoms with Crippen molar-refractivity contribution in [2.24, 2.45) is 11.8 Å². The third-order valence-electron chi connectivity index (χ3n) is 4.51. The van der Waals surface area contributed by atoms with Crippen LogP contribution in [0.1, 0.15) is 26.7 Å². The van der Waals surface area contributed by atoms with Crippen LogP contribution in [0.15, 0.2) is 18.2 Å². The summed E-state index contributed by atoms with van der Waals surface area (Å²) >= 11 is 5.36. The Morgan fingerprint density at radius 3 is 2.75 bits per heavy atom. The second-order valence-corrected chi connectivity index (χ2v) is 7.42. The predicted octanol–water partition coefficient (Wildman–Crippen LogP) is 3.07. The molecule has 0 radical (unpaired) electrons. The van der Waals surface area contributed by atoms with Crippen molar-refractivity contribution in [1.29, 1.82) is 0 Å². The maximum absolute atomic E-state index is 5.37. The molecule has 0 bridgehead atoms. The summed E-state index contributed by atoms with van der Waals surface area (Å²) in [7, 11) is 0. The number of hydrogen-bond donors (Lipinski definition) is 2. The average Bonchev–Trinajstić information content (AvgIpc) is 2.98. The van der Waals surface area contributed by atoms with Crippen LogP contribution in [-0.4, -0.2) is 43.0 Å². The van der Waals surface area contributed by atoms with Gasteiger partial charge in [-0.2, -0.15) is 0 Å². The molecule has 0 spiro atoms. The maximum Gasteiger partial charge on any atom is 0.231 e. The molecule has 0 aromatic heterocycles. The highest BCUT2D eigenvalue weighted by atomic mass is 32.1. The van der Waals surface area contributed by atoms with Crippen molar-refractivity contribution in [2.45, 2.75) is 26.7 Å². The lowest BCUT2D eigenvalue weighted by molar-refractivity contribution is 0.140. The molecule has 2 aliphatic heterocycles. The molecule has 24 heavy (non-hydrogen) atoms. The molecular weight excluding hydrogens is 322 g/mol. The maximum atomic E-state index is 5.37. The van der Waals surface area contributed by atoms with Crippen LogP contribution in [0, 0.1) is 11.8 Å². The third kappa shape index (κ3) is 4.74. The monoisotopic (exact) mass is 349 g/mol. The summed E-state index contributed by atoms with van der Waals surface area (Å²) in [6.45, 7) is 9.46. The lowest BCUT2D eigenvalue weighted by Gasteiger charge is -2.34. The number of piperidine rings is 1. The summed E-state index contributed by atoms with van der Waals surface area (Å²) in [4.78, 5) is 2.58. The minimum atomic E-state index is 0.287. The first kappa shape index (κ1) is 17.3. The highest BCUT2D eigenvalue weighted by molar-refractivity contribution is 7.80. The second-order valence-electron chi connectivity index (χ2n) is 7.01. The Morgan fingerprint density at radius 2 is 1.96 bits per heavy atom. The topological polar surface area (TPSA) is 45.8 Å². The Labute approximate surface area is 149 Å². The smallest absolute Gasteiger partial charge is 0.231 e. The van der Waals surface area contributed by atoms with Crippen LogP contribution >= 0.6 is 12.2 Å². The van der Waals surface area contributed by atoms with Crippen molar-refractivity contribution in [3.8, 4) is 11.5 Å². The number of rotatable bonds is 5. The van der Waals surface area contributed by atoms with Gasteiger partial charge in [-0.3, -0.25) is 0 Å². The molecule has 1 aromatic carbocycles. The van der Waals surface area contributed by atoms with Gasteiger partial charge in [0.15, 0.2) is 16.6 Å². The number of benzene rings is 1. The Bertz CT molecular complexity index is 571. The van der Waals surface area contributed by atoms with E-state index in [0.29, 0.717) is 5.11 Å². The van der Waals surface area contributed by atoms with E-state index in [1.807, 2.05) is 18.2 Å². The van der Waals surface area contributed by atoms with Crippen molar-refractivity contribution in [3.05, 3.63) is 18.2 Å². The van der Waals surface area contributed by atoms with Gasteiger partial charge in [0.2, 0.25) is 6.79 Å². The quantitative estimate of drug-likeness (QED) is 0.629. The summed E-state index contributed by atoms with van der Waals surface area (Å²) in [5.74, 6) is 3.17. The summed E-state index contributed by atoms with van der Waals surface area (Å²) in [6.07, 6.45) is 2.46. The number of nitrogens with zero attached hydrogens (tertiary/aromatic N) is 1. The number of likely N-dealkylation sites (tertiary alicyclic amines) is 1. The number of nitrogens with one attached hydrogen (secondary N) is 2. The van der Waals surface area contributed by atoms with Gasteiger partial charge in [-0.1, -0.05) is 13.8 Å². The molecule has 2 aliphatic rings. The zero-order valence-electron chi connectivity index (χ0n) is 14.5. The van der Waals surface area contributed by atoms with Gasteiger partial charge in [0.25, 0.3) is 0 Å². The van der Waals surface area contributed by atoms with E-state index < -0.39 is 0 Å². The predicted molar refractivity (Wildman–Crippen MR) is 101 cm³/mol. The molecule has 6 heteroatoms. The van der Waals surface area contributed by atoms with E-state index in [-0.39, 0.29) is 6.79 Å². The zero-order valence-corrected chi connectivity index (χ0v) is 15.3. The van der Waals surface area contributed by atoms with E-state index >= 15 is 0 Å². The van der Waals surface area contributed by atoms with Crippen LogP contribution in [0.2, 0.25) is 0 Å². The van der Waals surface area contributed by atoms with Crippen LogP contribution in [0.3, 0.4) is 0 Å². The molecule has 1 fully saturated rings. The van der Waals surface area contributed by atoms with E-state index in [4.69, 9.17) is 21.7 Å². The molecule has 132 valence electrons. The molecule has 2 N–H and O–H groups in total. The van der Waals surface area contributed by atoms with Crippen LogP contribution in [0.5, 0.6) is 11.5 Å². The minimum Gasteiger partial charge on any atom is -0.454 e. The fourth-order valence-electron chi connectivity index (χ4n) is 3.63. The molecule has 3 rings (SSSR count). The zero-order chi connectivity index (χ0) is 16.9. The summed E-state index contributed by atoms with van der Waals surface area (Å²) in [6, 6.07) is 5.75. The van der Waals surface area contributed by atoms with Gasteiger partial charge in [0, 0.05) is 31.4 Å². The fourth-order valence-corrected chi connectivity index (χ4v) is 3.85. The van der Waals surface area contributed by atoms with Crippen molar-refractivity contribution in [1.82, 2.24) is 10.2 Å². The number of hydrogen-bond acceptors (Lipinski definition) is 4. The van der Waals surface area contributed by atoms with E-state index in [1.54, 1.807) is 0 Å². The van der Waals surface area contributed by atoms with E-state index in [9.17, 15) is 0 Å². The molecule has 2 heterocycles. The molecule has 5 nitrogen and oxygen atoms in total. The first-order valence-electron chi connectivity index (χ1n) is 8.77. The number of fused-ring (bicyclic) bond motifs is 1. The largest absolute Gasteiger partial charge is 0.454 e. The van der Waals surface area contributed by atoms with Gasteiger partial charge in [0.05, 0.1) is 0 Å². The van der Waals surface area contributed by atoms with Crippen molar-refractivity contribution in [3.63, 3.8) is 0 Å². The van der Waals surface area contributed by atoms with Crippen LogP contribution in [-0.2, 0) is 0 Å². The van der Waals surface area contributed by atoms with Crippen LogP contribution < -0.4 is 20.1 Å². The Hall–Kier alpha value is -1.53. The summed E-state index contributed by atoms with van der Waals surface area (Å²) < 4.78 is 10.7. The number of ether oxygens (including phenoxy) is 2. The van der Waals surface area contributed by atoms with Crippen molar-refractivity contribution < 1.29 is 9.47 Å². The summed E-state index contributed by atoms with van der Waals surface area (Å²) in [5.41, 5.74) is 0.912.